The first-order valence-corrected chi connectivity index (χ1v) is 6.04. The third-order valence-electron chi connectivity index (χ3n) is 3.11. The molecule has 0 amide bonds. The highest BCUT2D eigenvalue weighted by Gasteiger charge is 2.28. The van der Waals surface area contributed by atoms with Crippen LogP contribution in [0.3, 0.4) is 0 Å². The molecule has 2 aromatic carbocycles. The zero-order valence-corrected chi connectivity index (χ0v) is 10.8. The van der Waals surface area contributed by atoms with Gasteiger partial charge in [0.05, 0.1) is 0 Å². The van der Waals surface area contributed by atoms with E-state index < -0.39 is 23.3 Å². The third kappa shape index (κ3) is 2.60. The van der Waals surface area contributed by atoms with Gasteiger partial charge in [-0.05, 0) is 30.7 Å². The van der Waals surface area contributed by atoms with E-state index in [1.165, 1.54) is 13.8 Å². The van der Waals surface area contributed by atoms with E-state index in [1.54, 1.807) is 12.1 Å². The molecule has 96 valence electrons. The molecule has 3 heteroatoms. The van der Waals surface area contributed by atoms with Gasteiger partial charge in [0.15, 0.2) is 5.78 Å². The van der Waals surface area contributed by atoms with Crippen molar-refractivity contribution in [3.05, 3.63) is 48.0 Å². The molecule has 0 bridgehead atoms. The predicted octanol–water partition coefficient (Wildman–Crippen LogP) is 2.82. The largest absolute Gasteiger partial charge is 0.299 e. The van der Waals surface area contributed by atoms with Crippen molar-refractivity contribution in [1.29, 1.82) is 0 Å². The number of carbonyl (C=O) groups is 3. The lowest BCUT2D eigenvalue weighted by molar-refractivity contribution is -0.128. The van der Waals surface area contributed by atoms with Crippen LogP contribution >= 0.6 is 0 Å². The van der Waals surface area contributed by atoms with Gasteiger partial charge >= 0.3 is 0 Å². The molecule has 0 aliphatic heterocycles. The van der Waals surface area contributed by atoms with Crippen molar-refractivity contribution in [2.75, 3.05) is 0 Å². The van der Waals surface area contributed by atoms with Crippen LogP contribution in [0.5, 0.6) is 0 Å². The SMILES string of the molecule is CC(=O)C(C(C)=O)C(=O)c1ccc2ccccc2c1. The van der Waals surface area contributed by atoms with Crippen molar-refractivity contribution >= 4 is 28.1 Å². The molecule has 0 atom stereocenters. The fourth-order valence-electron chi connectivity index (χ4n) is 2.16. The van der Waals surface area contributed by atoms with Gasteiger partial charge in [-0.25, -0.2) is 0 Å². The average Bonchev–Trinajstić information content (AvgIpc) is 2.37. The molecule has 0 N–H and O–H groups in total. The number of benzene rings is 2. The Balaban J connectivity index is 2.46. The van der Waals surface area contributed by atoms with E-state index in [2.05, 4.69) is 0 Å². The van der Waals surface area contributed by atoms with Gasteiger partial charge in [0.1, 0.15) is 17.5 Å². The molecular weight excluding hydrogens is 240 g/mol. The zero-order chi connectivity index (χ0) is 14.0. The van der Waals surface area contributed by atoms with Crippen molar-refractivity contribution in [2.24, 2.45) is 5.92 Å². The molecule has 19 heavy (non-hydrogen) atoms. The van der Waals surface area contributed by atoms with Crippen LogP contribution in [0.1, 0.15) is 24.2 Å². The Morgan fingerprint density at radius 2 is 1.42 bits per heavy atom. The summed E-state index contributed by atoms with van der Waals surface area (Å²) in [6, 6.07) is 12.8. The molecule has 2 rings (SSSR count). The second-order valence-corrected chi connectivity index (χ2v) is 4.58. The third-order valence-corrected chi connectivity index (χ3v) is 3.11. The van der Waals surface area contributed by atoms with Crippen molar-refractivity contribution in [3.8, 4) is 0 Å². The molecule has 0 unspecified atom stereocenters. The van der Waals surface area contributed by atoms with Crippen LogP contribution < -0.4 is 0 Å². The fraction of sp³-hybridized carbons (Fsp3) is 0.188. The first-order valence-electron chi connectivity index (χ1n) is 6.04. The summed E-state index contributed by atoms with van der Waals surface area (Å²) in [6.45, 7) is 2.54. The van der Waals surface area contributed by atoms with Crippen LogP contribution in [0.25, 0.3) is 10.8 Å². The topological polar surface area (TPSA) is 51.2 Å². The van der Waals surface area contributed by atoms with Crippen LogP contribution in [-0.4, -0.2) is 17.3 Å². The first-order chi connectivity index (χ1) is 9.00. The second-order valence-electron chi connectivity index (χ2n) is 4.58. The zero-order valence-electron chi connectivity index (χ0n) is 10.8. The molecule has 0 fully saturated rings. The van der Waals surface area contributed by atoms with E-state index in [9.17, 15) is 14.4 Å². The lowest BCUT2D eigenvalue weighted by Gasteiger charge is -2.09. The standard InChI is InChI=1S/C16H14O3/c1-10(17)15(11(2)18)16(19)14-8-7-12-5-3-4-6-13(12)9-14/h3-9,15H,1-2H3. The van der Waals surface area contributed by atoms with Gasteiger partial charge in [-0.15, -0.1) is 0 Å². The number of carbonyl (C=O) groups excluding carboxylic acids is 3. The highest BCUT2D eigenvalue weighted by Crippen LogP contribution is 2.19. The summed E-state index contributed by atoms with van der Waals surface area (Å²) in [5.41, 5.74) is 0.397. The Morgan fingerprint density at radius 3 is 2.00 bits per heavy atom. The summed E-state index contributed by atoms with van der Waals surface area (Å²) in [6.07, 6.45) is 0. The minimum Gasteiger partial charge on any atom is -0.299 e. The summed E-state index contributed by atoms with van der Waals surface area (Å²) in [5, 5.41) is 1.93. The summed E-state index contributed by atoms with van der Waals surface area (Å²) < 4.78 is 0. The Kier molecular flexibility index (Phi) is 3.56. The van der Waals surface area contributed by atoms with Crippen molar-refractivity contribution in [3.63, 3.8) is 0 Å². The maximum atomic E-state index is 12.2. The highest BCUT2D eigenvalue weighted by molar-refractivity contribution is 6.23. The monoisotopic (exact) mass is 254 g/mol. The van der Waals surface area contributed by atoms with E-state index in [0.29, 0.717) is 5.56 Å². The Morgan fingerprint density at radius 1 is 0.842 bits per heavy atom. The van der Waals surface area contributed by atoms with Crippen LogP contribution in [0.4, 0.5) is 0 Å². The summed E-state index contributed by atoms with van der Waals surface area (Å²) in [7, 11) is 0. The lowest BCUT2D eigenvalue weighted by atomic mass is 9.90. The van der Waals surface area contributed by atoms with Crippen LogP contribution in [0.2, 0.25) is 0 Å². The Labute approximate surface area is 111 Å². The molecule has 0 saturated heterocycles. The molecule has 2 aromatic rings. The molecule has 3 nitrogen and oxygen atoms in total. The second kappa shape index (κ2) is 5.14. The molecule has 0 radical (unpaired) electrons. The first kappa shape index (κ1) is 13.1. The van der Waals surface area contributed by atoms with Gasteiger partial charge in [-0.1, -0.05) is 36.4 Å². The van der Waals surface area contributed by atoms with Gasteiger partial charge in [0.25, 0.3) is 0 Å². The molecule has 0 aromatic heterocycles. The highest BCUT2D eigenvalue weighted by atomic mass is 16.2. The van der Waals surface area contributed by atoms with E-state index in [-0.39, 0.29) is 0 Å². The van der Waals surface area contributed by atoms with Crippen molar-refractivity contribution in [1.82, 2.24) is 0 Å². The van der Waals surface area contributed by atoms with Crippen LogP contribution in [0.15, 0.2) is 42.5 Å². The van der Waals surface area contributed by atoms with E-state index >= 15 is 0 Å². The number of Topliss-reactive ketones (excluding diaryl/α,β-unsaturated/α-hetero) is 3. The quantitative estimate of drug-likeness (QED) is 0.622. The number of rotatable bonds is 4. The summed E-state index contributed by atoms with van der Waals surface area (Å²) >= 11 is 0. The minimum absolute atomic E-state index is 0.397. The van der Waals surface area contributed by atoms with Crippen molar-refractivity contribution < 1.29 is 14.4 Å². The number of hydrogen-bond donors (Lipinski definition) is 0. The lowest BCUT2D eigenvalue weighted by Crippen LogP contribution is -2.28. The van der Waals surface area contributed by atoms with Crippen LogP contribution in [0, 0.1) is 5.92 Å². The number of hydrogen-bond acceptors (Lipinski definition) is 3. The van der Waals surface area contributed by atoms with Gasteiger partial charge in [0.2, 0.25) is 0 Å². The Bertz CT molecular complexity index is 657. The normalized spacial score (nSPS) is 10.7. The molecule has 0 spiro atoms. The van der Waals surface area contributed by atoms with Gasteiger partial charge in [-0.3, -0.25) is 14.4 Å². The molecule has 0 aliphatic rings. The maximum Gasteiger partial charge on any atom is 0.180 e. The predicted molar refractivity (Wildman–Crippen MR) is 73.1 cm³/mol. The number of fused-ring (bicyclic) bond motifs is 1. The van der Waals surface area contributed by atoms with E-state index in [0.717, 1.165) is 10.8 Å². The summed E-state index contributed by atoms with van der Waals surface area (Å²) in [5.74, 6) is -2.43. The van der Waals surface area contributed by atoms with Crippen molar-refractivity contribution in [2.45, 2.75) is 13.8 Å². The van der Waals surface area contributed by atoms with Crippen LogP contribution in [-0.2, 0) is 9.59 Å². The molecule has 0 aliphatic carbocycles. The van der Waals surface area contributed by atoms with Gasteiger partial charge in [-0.2, -0.15) is 0 Å². The van der Waals surface area contributed by atoms with E-state index in [4.69, 9.17) is 0 Å². The molecule has 0 saturated carbocycles. The Hall–Kier alpha value is -2.29. The van der Waals surface area contributed by atoms with Gasteiger partial charge in [0, 0.05) is 5.56 Å². The molecule has 0 heterocycles. The summed E-state index contributed by atoms with van der Waals surface area (Å²) in [4.78, 5) is 35.1. The average molecular weight is 254 g/mol. The fourth-order valence-corrected chi connectivity index (χ4v) is 2.16. The molecular formula is C16H14O3. The van der Waals surface area contributed by atoms with Gasteiger partial charge < -0.3 is 0 Å². The number of ketones is 3. The minimum atomic E-state index is -1.18. The van der Waals surface area contributed by atoms with E-state index in [1.807, 2.05) is 30.3 Å². The maximum absolute atomic E-state index is 12.2. The smallest absolute Gasteiger partial charge is 0.180 e.